The van der Waals surface area contributed by atoms with Gasteiger partial charge >= 0.3 is 0 Å². The van der Waals surface area contributed by atoms with Crippen molar-refractivity contribution in [3.05, 3.63) is 50.6 Å². The van der Waals surface area contributed by atoms with Crippen molar-refractivity contribution in [1.29, 1.82) is 0 Å². The number of rotatable bonds is 6. The summed E-state index contributed by atoms with van der Waals surface area (Å²) in [5, 5.41) is 31.2. The summed E-state index contributed by atoms with van der Waals surface area (Å²) in [6.45, 7) is 5.43. The zero-order valence-electron chi connectivity index (χ0n) is 15.2. The number of nitrogens with zero attached hydrogens (tertiary/aromatic N) is 4. The predicted molar refractivity (Wildman–Crippen MR) is 102 cm³/mol. The number of aromatic amines is 1. The topological polar surface area (TPSA) is 117 Å². The number of aromatic nitrogens is 5. The molecule has 142 valence electrons. The lowest BCUT2D eigenvalue weighted by atomic mass is 9.97. The minimum atomic E-state index is -0.877. The summed E-state index contributed by atoms with van der Waals surface area (Å²) in [4.78, 5) is 17.5. The standard InChI is InChI=1S/C18H20BrN5O3/c1-9-4-5-12(8-13(9)19)17(27)14-10(2)15(20-16(14)11(3)26)18-21-23-24(22-18)6-7-25/h4-5,8,11,20,25-26H,6-7H2,1-3H3. The number of ketones is 1. The number of aliphatic hydroxyl groups is 2. The number of hydrogen-bond acceptors (Lipinski definition) is 6. The number of benzene rings is 1. The summed E-state index contributed by atoms with van der Waals surface area (Å²) in [6, 6.07) is 5.39. The number of carbonyl (C=O) groups excluding carboxylic acids is 1. The van der Waals surface area contributed by atoms with Crippen LogP contribution in [0.15, 0.2) is 22.7 Å². The Morgan fingerprint density at radius 2 is 2.11 bits per heavy atom. The van der Waals surface area contributed by atoms with Crippen molar-refractivity contribution in [2.45, 2.75) is 33.4 Å². The van der Waals surface area contributed by atoms with Gasteiger partial charge in [-0.1, -0.05) is 28.1 Å². The van der Waals surface area contributed by atoms with Gasteiger partial charge in [0.05, 0.1) is 30.6 Å². The Morgan fingerprint density at radius 3 is 2.74 bits per heavy atom. The molecule has 0 amide bonds. The molecule has 3 aromatic rings. The zero-order chi connectivity index (χ0) is 19.7. The first-order chi connectivity index (χ1) is 12.8. The summed E-state index contributed by atoms with van der Waals surface area (Å²) in [5.41, 5.74) is 3.50. The fraction of sp³-hybridized carbons (Fsp3) is 0.333. The van der Waals surface area contributed by atoms with Gasteiger partial charge in [0.25, 0.3) is 0 Å². The van der Waals surface area contributed by atoms with E-state index in [1.807, 2.05) is 13.0 Å². The molecule has 0 saturated carbocycles. The lowest BCUT2D eigenvalue weighted by Crippen LogP contribution is -2.07. The highest BCUT2D eigenvalue weighted by atomic mass is 79.9. The number of H-pyrrole nitrogens is 1. The van der Waals surface area contributed by atoms with Crippen LogP contribution >= 0.6 is 15.9 Å². The SMILES string of the molecule is Cc1ccc(C(=O)c2c(C(C)O)[nH]c(-c3nnn(CCO)n3)c2C)cc1Br. The first-order valence-electron chi connectivity index (χ1n) is 8.44. The summed E-state index contributed by atoms with van der Waals surface area (Å²) >= 11 is 3.45. The molecule has 0 spiro atoms. The van der Waals surface area contributed by atoms with Crippen LogP contribution in [0.25, 0.3) is 11.5 Å². The Morgan fingerprint density at radius 1 is 1.37 bits per heavy atom. The van der Waals surface area contributed by atoms with Gasteiger partial charge in [-0.25, -0.2) is 0 Å². The average molecular weight is 434 g/mol. The second-order valence-electron chi connectivity index (χ2n) is 6.32. The molecule has 2 heterocycles. The van der Waals surface area contributed by atoms with Gasteiger partial charge in [-0.15, -0.1) is 10.2 Å². The number of halogens is 1. The van der Waals surface area contributed by atoms with Crippen LogP contribution in [0, 0.1) is 13.8 Å². The van der Waals surface area contributed by atoms with Crippen molar-refractivity contribution in [3.8, 4) is 11.5 Å². The second-order valence-corrected chi connectivity index (χ2v) is 7.17. The van der Waals surface area contributed by atoms with Gasteiger partial charge in [-0.05, 0) is 43.2 Å². The maximum Gasteiger partial charge on any atom is 0.221 e. The van der Waals surface area contributed by atoms with E-state index in [4.69, 9.17) is 5.11 Å². The molecular formula is C18H20BrN5O3. The minimum absolute atomic E-state index is 0.107. The van der Waals surface area contributed by atoms with Crippen molar-refractivity contribution in [3.63, 3.8) is 0 Å². The number of aryl methyl sites for hydroxylation is 1. The number of nitrogens with one attached hydrogen (secondary N) is 1. The molecule has 1 aromatic carbocycles. The van der Waals surface area contributed by atoms with Gasteiger partial charge in [0.2, 0.25) is 5.82 Å². The maximum atomic E-state index is 13.2. The quantitative estimate of drug-likeness (QED) is 0.513. The highest BCUT2D eigenvalue weighted by Gasteiger charge is 2.26. The Kier molecular flexibility index (Phi) is 5.54. The minimum Gasteiger partial charge on any atom is -0.394 e. The third-order valence-corrected chi connectivity index (χ3v) is 5.19. The average Bonchev–Trinajstić information content (AvgIpc) is 3.21. The molecule has 1 unspecified atom stereocenters. The molecule has 0 bridgehead atoms. The molecule has 3 rings (SSSR count). The fourth-order valence-corrected chi connectivity index (χ4v) is 3.23. The van der Waals surface area contributed by atoms with Crippen molar-refractivity contribution in [1.82, 2.24) is 25.2 Å². The van der Waals surface area contributed by atoms with Crippen molar-refractivity contribution < 1.29 is 15.0 Å². The van der Waals surface area contributed by atoms with Gasteiger partial charge in [-0.2, -0.15) is 4.80 Å². The maximum absolute atomic E-state index is 13.2. The molecule has 0 aliphatic rings. The van der Waals surface area contributed by atoms with Crippen molar-refractivity contribution >= 4 is 21.7 Å². The molecule has 0 saturated heterocycles. The van der Waals surface area contributed by atoms with Crippen molar-refractivity contribution in [2.75, 3.05) is 6.61 Å². The second kappa shape index (κ2) is 7.71. The van der Waals surface area contributed by atoms with Crippen LogP contribution in [0.3, 0.4) is 0 Å². The van der Waals surface area contributed by atoms with E-state index in [2.05, 4.69) is 36.3 Å². The smallest absolute Gasteiger partial charge is 0.221 e. The fourth-order valence-electron chi connectivity index (χ4n) is 2.85. The monoisotopic (exact) mass is 433 g/mol. The Bertz CT molecular complexity index is 993. The molecule has 27 heavy (non-hydrogen) atoms. The lowest BCUT2D eigenvalue weighted by Gasteiger charge is -2.08. The molecule has 8 nitrogen and oxygen atoms in total. The number of carbonyl (C=O) groups is 1. The predicted octanol–water partition coefficient (Wildman–Crippen LogP) is 2.32. The Labute approximate surface area is 164 Å². The van der Waals surface area contributed by atoms with E-state index in [0.717, 1.165) is 10.0 Å². The normalized spacial score (nSPS) is 12.4. The number of hydrogen-bond donors (Lipinski definition) is 3. The number of tetrazole rings is 1. The van der Waals surface area contributed by atoms with Crippen LogP contribution < -0.4 is 0 Å². The highest BCUT2D eigenvalue weighted by molar-refractivity contribution is 9.10. The molecule has 9 heteroatoms. The molecule has 0 aliphatic carbocycles. The molecule has 2 aromatic heterocycles. The summed E-state index contributed by atoms with van der Waals surface area (Å²) in [7, 11) is 0. The molecule has 0 fully saturated rings. The summed E-state index contributed by atoms with van der Waals surface area (Å²) in [5.74, 6) is 0.0985. The number of aliphatic hydroxyl groups excluding tert-OH is 2. The van der Waals surface area contributed by atoms with Gasteiger partial charge in [0.1, 0.15) is 0 Å². The molecule has 3 N–H and O–H groups in total. The van der Waals surface area contributed by atoms with Gasteiger partial charge in [-0.3, -0.25) is 4.79 Å². The van der Waals surface area contributed by atoms with Crippen LogP contribution in [0.2, 0.25) is 0 Å². The van der Waals surface area contributed by atoms with E-state index in [-0.39, 0.29) is 18.9 Å². The van der Waals surface area contributed by atoms with Gasteiger partial charge in [0, 0.05) is 15.6 Å². The molecule has 0 aliphatic heterocycles. The van der Waals surface area contributed by atoms with Gasteiger partial charge in [0.15, 0.2) is 5.78 Å². The van der Waals surface area contributed by atoms with E-state index in [0.29, 0.717) is 33.9 Å². The third-order valence-electron chi connectivity index (χ3n) is 4.33. The molecular weight excluding hydrogens is 414 g/mol. The van der Waals surface area contributed by atoms with Crippen LogP contribution in [0.4, 0.5) is 0 Å². The van der Waals surface area contributed by atoms with Crippen LogP contribution in [0.5, 0.6) is 0 Å². The molecule has 1 atom stereocenters. The Balaban J connectivity index is 2.09. The van der Waals surface area contributed by atoms with E-state index >= 15 is 0 Å². The molecule has 0 radical (unpaired) electrons. The van der Waals surface area contributed by atoms with Crippen molar-refractivity contribution in [2.24, 2.45) is 0 Å². The van der Waals surface area contributed by atoms with Gasteiger partial charge < -0.3 is 15.2 Å². The first kappa shape index (κ1) is 19.4. The van der Waals surface area contributed by atoms with E-state index in [9.17, 15) is 9.90 Å². The third kappa shape index (κ3) is 3.71. The van der Waals surface area contributed by atoms with Crippen LogP contribution in [-0.4, -0.2) is 47.8 Å². The largest absolute Gasteiger partial charge is 0.394 e. The Hall–Kier alpha value is -2.36. The zero-order valence-corrected chi connectivity index (χ0v) is 16.8. The van der Waals surface area contributed by atoms with E-state index in [1.165, 1.54) is 4.80 Å². The van der Waals surface area contributed by atoms with E-state index < -0.39 is 6.10 Å². The summed E-state index contributed by atoms with van der Waals surface area (Å²) in [6.07, 6.45) is -0.877. The summed E-state index contributed by atoms with van der Waals surface area (Å²) < 4.78 is 0.842. The first-order valence-corrected chi connectivity index (χ1v) is 9.23. The van der Waals surface area contributed by atoms with E-state index in [1.54, 1.807) is 26.0 Å². The lowest BCUT2D eigenvalue weighted by molar-refractivity contribution is 0.103. The van der Waals surface area contributed by atoms with Crippen LogP contribution in [-0.2, 0) is 6.54 Å². The van der Waals surface area contributed by atoms with Crippen LogP contribution in [0.1, 0.15) is 45.8 Å². The highest BCUT2D eigenvalue weighted by Crippen LogP contribution is 2.31.